The molecule has 0 spiro atoms. The van der Waals surface area contributed by atoms with Crippen molar-refractivity contribution in [2.75, 3.05) is 5.32 Å². The number of hydrogen-bond donors (Lipinski definition) is 2. The zero-order valence-electron chi connectivity index (χ0n) is 12.7. The van der Waals surface area contributed by atoms with E-state index in [0.29, 0.717) is 17.2 Å². The number of non-ortho nitro benzene ring substituents is 1. The fraction of sp³-hybridized carbons (Fsp3) is 0.333. The molecule has 0 radical (unpaired) electrons. The first-order chi connectivity index (χ1) is 10.9. The predicted octanol–water partition coefficient (Wildman–Crippen LogP) is 3.63. The number of thiazole rings is 1. The van der Waals surface area contributed by atoms with Crippen LogP contribution < -0.4 is 5.32 Å². The quantitative estimate of drug-likeness (QED) is 0.591. The fourth-order valence-corrected chi connectivity index (χ4v) is 2.84. The number of hydrogen-bond acceptors (Lipinski definition) is 6. The summed E-state index contributed by atoms with van der Waals surface area (Å²) in [5.74, 6) is -0.663. The van der Waals surface area contributed by atoms with Gasteiger partial charge in [-0.15, -0.1) is 11.3 Å². The third kappa shape index (κ3) is 4.49. The molecule has 0 aliphatic heterocycles. The normalized spacial score (nSPS) is 12.1. The molecule has 2 rings (SSSR count). The van der Waals surface area contributed by atoms with Gasteiger partial charge in [0.2, 0.25) is 0 Å². The van der Waals surface area contributed by atoms with Crippen molar-refractivity contribution >= 4 is 28.1 Å². The number of carboxylic acids is 1. The topological polar surface area (TPSA) is 105 Å². The Morgan fingerprint density at radius 3 is 2.57 bits per heavy atom. The molecular weight excluding hydrogens is 318 g/mol. The largest absolute Gasteiger partial charge is 0.480 e. The first-order valence-corrected chi connectivity index (χ1v) is 7.94. The van der Waals surface area contributed by atoms with Gasteiger partial charge in [0.15, 0.2) is 5.13 Å². The fourth-order valence-electron chi connectivity index (χ4n) is 2.07. The standard InChI is InChI=1S/C15H17N3O4S/c1-9(2)7-12(14(19)20)16-15-17-13(8-23-15)10-3-5-11(6-4-10)18(21)22/h3-6,8-9,12H,7H2,1-2H3,(H,16,17)(H,19,20). The van der Waals surface area contributed by atoms with Crippen molar-refractivity contribution in [3.8, 4) is 11.3 Å². The lowest BCUT2D eigenvalue weighted by atomic mass is 10.0. The highest BCUT2D eigenvalue weighted by Gasteiger charge is 2.20. The molecule has 23 heavy (non-hydrogen) atoms. The summed E-state index contributed by atoms with van der Waals surface area (Å²) in [5, 5.41) is 25.1. The van der Waals surface area contributed by atoms with E-state index in [1.54, 1.807) is 17.5 Å². The van der Waals surface area contributed by atoms with Crippen LogP contribution in [0.15, 0.2) is 29.6 Å². The van der Waals surface area contributed by atoms with Gasteiger partial charge < -0.3 is 10.4 Å². The minimum absolute atomic E-state index is 0.0187. The molecule has 0 bridgehead atoms. The molecule has 0 amide bonds. The number of carbonyl (C=O) groups is 1. The number of carboxylic acid groups (broad SMARTS) is 1. The Morgan fingerprint density at radius 1 is 1.39 bits per heavy atom. The lowest BCUT2D eigenvalue weighted by molar-refractivity contribution is -0.384. The number of nitrogens with one attached hydrogen (secondary N) is 1. The van der Waals surface area contributed by atoms with E-state index in [0.717, 1.165) is 5.56 Å². The Labute approximate surface area is 137 Å². The molecule has 0 fully saturated rings. The number of aromatic nitrogens is 1. The van der Waals surface area contributed by atoms with Crippen LogP contribution in [0.1, 0.15) is 20.3 Å². The molecule has 0 aliphatic rings. The molecule has 8 heteroatoms. The highest BCUT2D eigenvalue weighted by Crippen LogP contribution is 2.27. The molecule has 1 atom stereocenters. The summed E-state index contributed by atoms with van der Waals surface area (Å²) in [7, 11) is 0. The van der Waals surface area contributed by atoms with Gasteiger partial charge in [0.1, 0.15) is 6.04 Å². The number of benzene rings is 1. The molecule has 122 valence electrons. The van der Waals surface area contributed by atoms with Gasteiger partial charge in [0.25, 0.3) is 5.69 Å². The highest BCUT2D eigenvalue weighted by atomic mass is 32.1. The molecule has 0 saturated carbocycles. The Bertz CT molecular complexity index is 697. The van der Waals surface area contributed by atoms with Crippen LogP contribution in [-0.4, -0.2) is 27.0 Å². The minimum Gasteiger partial charge on any atom is -0.480 e. The molecule has 1 aromatic carbocycles. The second-order valence-electron chi connectivity index (χ2n) is 5.51. The molecule has 1 unspecified atom stereocenters. The Hall–Kier alpha value is -2.48. The van der Waals surface area contributed by atoms with E-state index >= 15 is 0 Å². The molecule has 2 N–H and O–H groups in total. The van der Waals surface area contributed by atoms with Gasteiger partial charge in [-0.2, -0.15) is 0 Å². The van der Waals surface area contributed by atoms with Crippen LogP contribution >= 0.6 is 11.3 Å². The summed E-state index contributed by atoms with van der Waals surface area (Å²) in [6, 6.07) is 5.40. The van der Waals surface area contributed by atoms with Crippen molar-refractivity contribution in [3.63, 3.8) is 0 Å². The molecule has 1 aromatic heterocycles. The van der Waals surface area contributed by atoms with Gasteiger partial charge in [0.05, 0.1) is 10.6 Å². The monoisotopic (exact) mass is 335 g/mol. The molecule has 0 aliphatic carbocycles. The highest BCUT2D eigenvalue weighted by molar-refractivity contribution is 7.14. The van der Waals surface area contributed by atoms with E-state index in [1.807, 2.05) is 13.8 Å². The maximum absolute atomic E-state index is 11.3. The predicted molar refractivity (Wildman–Crippen MR) is 88.7 cm³/mol. The Morgan fingerprint density at radius 2 is 2.04 bits per heavy atom. The minimum atomic E-state index is -0.911. The van der Waals surface area contributed by atoms with Gasteiger partial charge in [-0.05, 0) is 24.5 Å². The van der Waals surface area contributed by atoms with E-state index < -0.39 is 16.9 Å². The second kappa shape index (κ2) is 7.19. The summed E-state index contributed by atoms with van der Waals surface area (Å²) >= 11 is 1.31. The number of anilines is 1. The summed E-state index contributed by atoms with van der Waals surface area (Å²) in [5.41, 5.74) is 1.42. The SMILES string of the molecule is CC(C)CC(Nc1nc(-c2ccc([N+](=O)[O-])cc2)cs1)C(=O)O. The van der Waals surface area contributed by atoms with Crippen molar-refractivity contribution < 1.29 is 14.8 Å². The average Bonchev–Trinajstić information content (AvgIpc) is 2.94. The molecular formula is C15H17N3O4S. The molecule has 1 heterocycles. The third-order valence-electron chi connectivity index (χ3n) is 3.18. The van der Waals surface area contributed by atoms with Crippen molar-refractivity contribution in [3.05, 3.63) is 39.8 Å². The lowest BCUT2D eigenvalue weighted by Crippen LogP contribution is -2.30. The van der Waals surface area contributed by atoms with Gasteiger partial charge >= 0.3 is 5.97 Å². The van der Waals surface area contributed by atoms with E-state index in [2.05, 4.69) is 10.3 Å². The van der Waals surface area contributed by atoms with Crippen molar-refractivity contribution in [1.82, 2.24) is 4.98 Å². The van der Waals surface area contributed by atoms with E-state index in [4.69, 9.17) is 0 Å². The summed E-state index contributed by atoms with van der Waals surface area (Å²) < 4.78 is 0. The number of nitro groups is 1. The Balaban J connectivity index is 2.13. The maximum atomic E-state index is 11.3. The second-order valence-corrected chi connectivity index (χ2v) is 6.36. The zero-order chi connectivity index (χ0) is 17.0. The first-order valence-electron chi connectivity index (χ1n) is 7.06. The lowest BCUT2D eigenvalue weighted by Gasteiger charge is -2.15. The van der Waals surface area contributed by atoms with E-state index in [9.17, 15) is 20.0 Å². The van der Waals surface area contributed by atoms with Crippen LogP contribution in [0, 0.1) is 16.0 Å². The Kier molecular flexibility index (Phi) is 5.28. The van der Waals surface area contributed by atoms with E-state index in [-0.39, 0.29) is 11.6 Å². The van der Waals surface area contributed by atoms with Crippen LogP contribution in [0.5, 0.6) is 0 Å². The zero-order valence-corrected chi connectivity index (χ0v) is 13.5. The summed E-state index contributed by atoms with van der Waals surface area (Å²) in [6.07, 6.45) is 0.502. The maximum Gasteiger partial charge on any atom is 0.326 e. The smallest absolute Gasteiger partial charge is 0.326 e. The number of nitro benzene ring substituents is 1. The number of rotatable bonds is 7. The summed E-state index contributed by atoms with van der Waals surface area (Å²) in [4.78, 5) is 25.8. The molecule has 2 aromatic rings. The molecule has 7 nitrogen and oxygen atoms in total. The number of nitrogens with zero attached hydrogens (tertiary/aromatic N) is 2. The van der Waals surface area contributed by atoms with Gasteiger partial charge in [-0.3, -0.25) is 10.1 Å². The van der Waals surface area contributed by atoms with Crippen molar-refractivity contribution in [2.24, 2.45) is 5.92 Å². The van der Waals surface area contributed by atoms with Gasteiger partial charge in [-0.25, -0.2) is 9.78 Å². The molecule has 0 saturated heterocycles. The number of aliphatic carboxylic acids is 1. The van der Waals surface area contributed by atoms with Crippen LogP contribution in [0.4, 0.5) is 10.8 Å². The first kappa shape index (κ1) is 16.9. The third-order valence-corrected chi connectivity index (χ3v) is 3.95. The van der Waals surface area contributed by atoms with Crippen LogP contribution in [-0.2, 0) is 4.79 Å². The van der Waals surface area contributed by atoms with Crippen LogP contribution in [0.3, 0.4) is 0 Å². The van der Waals surface area contributed by atoms with Crippen LogP contribution in [0.25, 0.3) is 11.3 Å². The van der Waals surface area contributed by atoms with Crippen molar-refractivity contribution in [2.45, 2.75) is 26.3 Å². The average molecular weight is 335 g/mol. The van der Waals surface area contributed by atoms with Gasteiger partial charge in [0, 0.05) is 23.1 Å². The van der Waals surface area contributed by atoms with Gasteiger partial charge in [-0.1, -0.05) is 13.8 Å². The van der Waals surface area contributed by atoms with E-state index in [1.165, 1.54) is 23.5 Å². The summed E-state index contributed by atoms with van der Waals surface area (Å²) in [6.45, 7) is 3.92. The van der Waals surface area contributed by atoms with Crippen LogP contribution in [0.2, 0.25) is 0 Å². The van der Waals surface area contributed by atoms with Crippen molar-refractivity contribution in [1.29, 1.82) is 0 Å².